The third-order valence-electron chi connectivity index (χ3n) is 6.33. The van der Waals surface area contributed by atoms with Gasteiger partial charge in [0.2, 0.25) is 12.7 Å². The summed E-state index contributed by atoms with van der Waals surface area (Å²) in [6, 6.07) is 14.2. The number of hydrogen-bond donors (Lipinski definition) is 1. The summed E-state index contributed by atoms with van der Waals surface area (Å²) in [5, 5.41) is 4.05. The molecule has 1 amide bonds. The molecule has 0 saturated carbocycles. The molecular weight excluding hydrogens is 426 g/mol. The molecule has 0 bridgehead atoms. The van der Waals surface area contributed by atoms with Gasteiger partial charge in [-0.25, -0.2) is 4.98 Å². The number of rotatable bonds is 7. The fourth-order valence-electron chi connectivity index (χ4n) is 4.47. The van der Waals surface area contributed by atoms with E-state index in [4.69, 9.17) is 19.2 Å². The Balaban J connectivity index is 1.26. The van der Waals surface area contributed by atoms with E-state index in [9.17, 15) is 4.79 Å². The summed E-state index contributed by atoms with van der Waals surface area (Å²) in [7, 11) is 0. The molecule has 7 nitrogen and oxygen atoms in total. The first-order valence-electron chi connectivity index (χ1n) is 11.0. The van der Waals surface area contributed by atoms with Crippen molar-refractivity contribution in [1.82, 2.24) is 14.9 Å². The first-order valence-corrected chi connectivity index (χ1v) is 12.0. The molecule has 3 aromatic rings. The van der Waals surface area contributed by atoms with E-state index >= 15 is 0 Å². The van der Waals surface area contributed by atoms with E-state index in [2.05, 4.69) is 35.0 Å². The lowest BCUT2D eigenvalue weighted by Crippen LogP contribution is -2.45. The number of hydrogen-bond acceptors (Lipinski definition) is 6. The summed E-state index contributed by atoms with van der Waals surface area (Å²) in [5.41, 5.74) is 3.05. The molecule has 2 aliphatic heterocycles. The number of aryl methyl sites for hydroxylation is 1. The normalized spacial score (nSPS) is 16.9. The molecule has 0 spiro atoms. The van der Waals surface area contributed by atoms with Gasteiger partial charge < -0.3 is 24.1 Å². The molecule has 168 valence electrons. The van der Waals surface area contributed by atoms with Gasteiger partial charge in [-0.05, 0) is 49.6 Å². The Labute approximate surface area is 191 Å². The predicted octanol–water partition coefficient (Wildman–Crippen LogP) is 3.74. The minimum atomic E-state index is -0.171. The molecular formula is C24H27N3O4S. The van der Waals surface area contributed by atoms with Gasteiger partial charge in [-0.3, -0.25) is 4.79 Å². The molecule has 8 heteroatoms. The van der Waals surface area contributed by atoms with Gasteiger partial charge in [0.15, 0.2) is 16.7 Å². The smallest absolute Gasteiger partial charge is 0.231 e. The van der Waals surface area contributed by atoms with Crippen LogP contribution in [0.5, 0.6) is 11.5 Å². The fourth-order valence-corrected chi connectivity index (χ4v) is 5.38. The lowest BCUT2D eigenvalue weighted by Gasteiger charge is -2.38. The maximum Gasteiger partial charge on any atom is 0.231 e. The Hall–Kier alpha value is -2.71. The Bertz CT molecular complexity index is 1120. The molecule has 3 heterocycles. The van der Waals surface area contributed by atoms with Gasteiger partial charge in [0.05, 0.1) is 16.8 Å². The van der Waals surface area contributed by atoms with Crippen LogP contribution in [0.4, 0.5) is 0 Å². The third-order valence-corrected chi connectivity index (χ3v) is 7.30. The van der Waals surface area contributed by atoms with Crippen LogP contribution in [0, 0.1) is 0 Å². The number of nitrogens with zero attached hydrogens (tertiary/aromatic N) is 2. The number of carbonyl (C=O) groups is 1. The number of imidazole rings is 1. The SMILES string of the molecule is CCn1c(SCC(=O)NCC2(c3ccc4c(c3)OCO4)CCOCC2)nc2ccccc21. The first kappa shape index (κ1) is 21.2. The van der Waals surface area contributed by atoms with Crippen molar-refractivity contribution in [2.45, 2.75) is 36.9 Å². The lowest BCUT2D eigenvalue weighted by atomic mass is 9.74. The van der Waals surface area contributed by atoms with Gasteiger partial charge >= 0.3 is 0 Å². The van der Waals surface area contributed by atoms with Crippen LogP contribution in [0.25, 0.3) is 11.0 Å². The van der Waals surface area contributed by atoms with Crippen LogP contribution < -0.4 is 14.8 Å². The minimum absolute atomic E-state index is 0.0105. The van der Waals surface area contributed by atoms with Gasteiger partial charge in [0, 0.05) is 31.7 Å². The zero-order valence-electron chi connectivity index (χ0n) is 18.1. The highest BCUT2D eigenvalue weighted by Crippen LogP contribution is 2.40. The highest BCUT2D eigenvalue weighted by Gasteiger charge is 2.36. The number of aromatic nitrogens is 2. The minimum Gasteiger partial charge on any atom is -0.454 e. The molecule has 1 saturated heterocycles. The van der Waals surface area contributed by atoms with Crippen molar-refractivity contribution in [2.24, 2.45) is 0 Å². The van der Waals surface area contributed by atoms with Gasteiger partial charge in [-0.1, -0.05) is 30.0 Å². The Morgan fingerprint density at radius 1 is 1.16 bits per heavy atom. The van der Waals surface area contributed by atoms with Gasteiger partial charge in [0.25, 0.3) is 0 Å². The second kappa shape index (κ2) is 9.03. The topological polar surface area (TPSA) is 74.6 Å². The third kappa shape index (κ3) is 4.04. The van der Waals surface area contributed by atoms with Crippen molar-refractivity contribution in [1.29, 1.82) is 0 Å². The molecule has 0 atom stereocenters. The quantitative estimate of drug-likeness (QED) is 0.550. The van der Waals surface area contributed by atoms with E-state index in [1.807, 2.05) is 24.3 Å². The molecule has 32 heavy (non-hydrogen) atoms. The van der Waals surface area contributed by atoms with Gasteiger partial charge in [-0.15, -0.1) is 0 Å². The van der Waals surface area contributed by atoms with Crippen molar-refractivity contribution < 1.29 is 19.0 Å². The number of thioether (sulfide) groups is 1. The van der Waals surface area contributed by atoms with Crippen LogP contribution in [0.1, 0.15) is 25.3 Å². The number of carbonyl (C=O) groups excluding carboxylic acids is 1. The largest absolute Gasteiger partial charge is 0.454 e. The van der Waals surface area contributed by atoms with Crippen molar-refractivity contribution in [2.75, 3.05) is 32.3 Å². The Morgan fingerprint density at radius 3 is 2.81 bits per heavy atom. The maximum absolute atomic E-state index is 12.8. The molecule has 0 unspecified atom stereocenters. The van der Waals surface area contributed by atoms with Crippen molar-refractivity contribution in [3.63, 3.8) is 0 Å². The van der Waals surface area contributed by atoms with Crippen molar-refractivity contribution in [3.8, 4) is 11.5 Å². The molecule has 1 aromatic heterocycles. The van der Waals surface area contributed by atoms with E-state index in [-0.39, 0.29) is 18.1 Å². The molecule has 1 fully saturated rings. The molecule has 1 N–H and O–H groups in total. The number of benzene rings is 2. The highest BCUT2D eigenvalue weighted by atomic mass is 32.2. The summed E-state index contributed by atoms with van der Waals surface area (Å²) in [5.74, 6) is 1.89. The van der Waals surface area contributed by atoms with E-state index < -0.39 is 0 Å². The molecule has 0 aliphatic carbocycles. The van der Waals surface area contributed by atoms with E-state index in [1.165, 1.54) is 11.8 Å². The van der Waals surface area contributed by atoms with Gasteiger partial charge in [-0.2, -0.15) is 0 Å². The zero-order chi connectivity index (χ0) is 22.0. The Kier molecular flexibility index (Phi) is 5.97. The zero-order valence-corrected chi connectivity index (χ0v) is 19.0. The van der Waals surface area contributed by atoms with Crippen LogP contribution in [-0.4, -0.2) is 47.8 Å². The standard InChI is InChI=1S/C24H27N3O4S/c1-2-27-19-6-4-3-5-18(19)26-23(27)32-14-22(28)25-15-24(9-11-29-12-10-24)17-7-8-20-21(13-17)31-16-30-20/h3-8,13H,2,9-12,14-16H2,1H3,(H,25,28). The number of amides is 1. The van der Waals surface area contributed by atoms with Crippen LogP contribution in [-0.2, 0) is 21.5 Å². The maximum atomic E-state index is 12.8. The highest BCUT2D eigenvalue weighted by molar-refractivity contribution is 7.99. The summed E-state index contributed by atoms with van der Waals surface area (Å²) in [6.45, 7) is 5.10. The van der Waals surface area contributed by atoms with Crippen LogP contribution >= 0.6 is 11.8 Å². The summed E-state index contributed by atoms with van der Waals surface area (Å²) < 4.78 is 18.8. The van der Waals surface area contributed by atoms with Crippen LogP contribution in [0.2, 0.25) is 0 Å². The second-order valence-electron chi connectivity index (χ2n) is 8.15. The first-order chi connectivity index (χ1) is 15.7. The predicted molar refractivity (Wildman–Crippen MR) is 123 cm³/mol. The Morgan fingerprint density at radius 2 is 1.97 bits per heavy atom. The summed E-state index contributed by atoms with van der Waals surface area (Å²) in [6.07, 6.45) is 1.71. The van der Waals surface area contributed by atoms with E-state index in [1.54, 1.807) is 0 Å². The average molecular weight is 454 g/mol. The average Bonchev–Trinajstić information content (AvgIpc) is 3.45. The monoisotopic (exact) mass is 453 g/mol. The number of ether oxygens (including phenoxy) is 3. The molecule has 2 aromatic carbocycles. The van der Waals surface area contributed by atoms with Crippen molar-refractivity contribution in [3.05, 3.63) is 48.0 Å². The summed E-state index contributed by atoms with van der Waals surface area (Å²) in [4.78, 5) is 17.5. The number of para-hydroxylation sites is 2. The second-order valence-corrected chi connectivity index (χ2v) is 9.10. The van der Waals surface area contributed by atoms with Crippen LogP contribution in [0.15, 0.2) is 47.6 Å². The van der Waals surface area contributed by atoms with E-state index in [0.717, 1.165) is 52.6 Å². The summed E-state index contributed by atoms with van der Waals surface area (Å²) >= 11 is 1.48. The van der Waals surface area contributed by atoms with Gasteiger partial charge in [0.1, 0.15) is 0 Å². The number of nitrogens with one attached hydrogen (secondary N) is 1. The van der Waals surface area contributed by atoms with E-state index in [0.29, 0.717) is 25.5 Å². The molecule has 0 radical (unpaired) electrons. The molecule has 5 rings (SSSR count). The molecule has 2 aliphatic rings. The van der Waals surface area contributed by atoms with Crippen molar-refractivity contribution >= 4 is 28.7 Å². The lowest BCUT2D eigenvalue weighted by molar-refractivity contribution is -0.119. The van der Waals surface area contributed by atoms with Crippen LogP contribution in [0.3, 0.4) is 0 Å². The fraction of sp³-hybridized carbons (Fsp3) is 0.417. The number of fused-ring (bicyclic) bond motifs is 2.